The Morgan fingerprint density at radius 3 is 2.44 bits per heavy atom. The van der Waals surface area contributed by atoms with E-state index < -0.39 is 0 Å². The van der Waals surface area contributed by atoms with Crippen LogP contribution in [0, 0.1) is 5.92 Å². The Bertz CT molecular complexity index is 183. The Kier molecular flexibility index (Phi) is 7.28. The zero-order valence-electron chi connectivity index (χ0n) is 10.7. The molecule has 1 aliphatic carbocycles. The highest BCUT2D eigenvalue weighted by atomic mass is 16.5. The van der Waals surface area contributed by atoms with Gasteiger partial charge in [-0.05, 0) is 19.3 Å². The summed E-state index contributed by atoms with van der Waals surface area (Å²) < 4.78 is 5.32. The van der Waals surface area contributed by atoms with Crippen molar-refractivity contribution in [1.82, 2.24) is 0 Å². The quantitative estimate of drug-likeness (QED) is 0.483. The van der Waals surface area contributed by atoms with Crippen LogP contribution >= 0.6 is 0 Å². The highest BCUT2D eigenvalue weighted by Gasteiger charge is 2.21. The van der Waals surface area contributed by atoms with Gasteiger partial charge in [-0.25, -0.2) is 0 Å². The van der Waals surface area contributed by atoms with Gasteiger partial charge in [0.1, 0.15) is 0 Å². The van der Waals surface area contributed by atoms with Crippen LogP contribution in [-0.2, 0) is 9.53 Å². The Labute approximate surface area is 99.8 Å². The van der Waals surface area contributed by atoms with Gasteiger partial charge in [-0.3, -0.25) is 4.79 Å². The van der Waals surface area contributed by atoms with Crippen LogP contribution in [0.4, 0.5) is 0 Å². The van der Waals surface area contributed by atoms with Gasteiger partial charge < -0.3 is 4.74 Å². The number of ether oxygens (including phenoxy) is 1. The summed E-state index contributed by atoms with van der Waals surface area (Å²) in [6, 6.07) is 0. The van der Waals surface area contributed by atoms with Gasteiger partial charge in [0.25, 0.3) is 0 Å². The molecule has 2 nitrogen and oxygen atoms in total. The van der Waals surface area contributed by atoms with E-state index in [1.165, 1.54) is 44.9 Å². The molecule has 0 aliphatic heterocycles. The SMILES string of the molecule is CCCCCCCOC(=O)C1CCCCC1. The summed E-state index contributed by atoms with van der Waals surface area (Å²) in [5.41, 5.74) is 0. The van der Waals surface area contributed by atoms with Crippen molar-refractivity contribution in [2.45, 2.75) is 71.1 Å². The van der Waals surface area contributed by atoms with Crippen molar-refractivity contribution in [1.29, 1.82) is 0 Å². The van der Waals surface area contributed by atoms with Crippen LogP contribution in [0.25, 0.3) is 0 Å². The minimum atomic E-state index is 0.0650. The van der Waals surface area contributed by atoms with E-state index in [2.05, 4.69) is 6.92 Å². The molecule has 1 rings (SSSR count). The first kappa shape index (κ1) is 13.5. The second kappa shape index (κ2) is 8.60. The number of carbonyl (C=O) groups is 1. The average Bonchev–Trinajstić information content (AvgIpc) is 2.34. The number of rotatable bonds is 7. The molecular weight excluding hydrogens is 200 g/mol. The molecule has 0 N–H and O–H groups in total. The fourth-order valence-corrected chi connectivity index (χ4v) is 2.33. The summed E-state index contributed by atoms with van der Waals surface area (Å²) in [5.74, 6) is 0.277. The standard InChI is InChI=1S/C14H26O2/c1-2-3-4-5-9-12-16-14(15)13-10-7-6-8-11-13/h13H,2-12H2,1H3. The predicted octanol–water partition coefficient (Wildman–Crippen LogP) is 4.08. The van der Waals surface area contributed by atoms with Gasteiger partial charge in [0, 0.05) is 0 Å². The minimum Gasteiger partial charge on any atom is -0.465 e. The lowest BCUT2D eigenvalue weighted by molar-refractivity contribution is -0.149. The van der Waals surface area contributed by atoms with Crippen molar-refractivity contribution in [3.05, 3.63) is 0 Å². The van der Waals surface area contributed by atoms with Gasteiger partial charge in [-0.2, -0.15) is 0 Å². The first-order valence-corrected chi connectivity index (χ1v) is 7.01. The molecule has 0 radical (unpaired) electrons. The number of carbonyl (C=O) groups excluding carboxylic acids is 1. The van der Waals surface area contributed by atoms with Crippen LogP contribution in [0.5, 0.6) is 0 Å². The number of esters is 1. The third-order valence-electron chi connectivity index (χ3n) is 3.43. The van der Waals surface area contributed by atoms with Crippen molar-refractivity contribution in [3.63, 3.8) is 0 Å². The number of unbranched alkanes of at least 4 members (excludes halogenated alkanes) is 4. The van der Waals surface area contributed by atoms with Crippen LogP contribution in [0.3, 0.4) is 0 Å². The highest BCUT2D eigenvalue weighted by Crippen LogP contribution is 2.24. The van der Waals surface area contributed by atoms with E-state index in [0.29, 0.717) is 6.61 Å². The number of hydrogen-bond acceptors (Lipinski definition) is 2. The minimum absolute atomic E-state index is 0.0650. The normalized spacial score (nSPS) is 17.3. The van der Waals surface area contributed by atoms with Gasteiger partial charge in [0.05, 0.1) is 12.5 Å². The zero-order valence-corrected chi connectivity index (χ0v) is 10.7. The van der Waals surface area contributed by atoms with Crippen LogP contribution in [-0.4, -0.2) is 12.6 Å². The Balaban J connectivity index is 1.97. The number of hydrogen-bond donors (Lipinski definition) is 0. The molecule has 94 valence electrons. The van der Waals surface area contributed by atoms with Crippen molar-refractivity contribution >= 4 is 5.97 Å². The van der Waals surface area contributed by atoms with E-state index >= 15 is 0 Å². The van der Waals surface area contributed by atoms with Crippen molar-refractivity contribution < 1.29 is 9.53 Å². The van der Waals surface area contributed by atoms with Crippen molar-refractivity contribution in [2.24, 2.45) is 5.92 Å². The summed E-state index contributed by atoms with van der Waals surface area (Å²) in [5, 5.41) is 0. The van der Waals surface area contributed by atoms with Crippen molar-refractivity contribution in [2.75, 3.05) is 6.61 Å². The maximum atomic E-state index is 11.7. The van der Waals surface area contributed by atoms with E-state index in [1.54, 1.807) is 0 Å². The van der Waals surface area contributed by atoms with Crippen LogP contribution in [0.1, 0.15) is 71.1 Å². The maximum Gasteiger partial charge on any atom is 0.308 e. The zero-order chi connectivity index (χ0) is 11.6. The first-order chi connectivity index (χ1) is 7.84. The van der Waals surface area contributed by atoms with Gasteiger partial charge in [0.2, 0.25) is 0 Å². The summed E-state index contributed by atoms with van der Waals surface area (Å²) in [6.45, 7) is 2.85. The topological polar surface area (TPSA) is 26.3 Å². The lowest BCUT2D eigenvalue weighted by Gasteiger charge is -2.19. The maximum absolute atomic E-state index is 11.7. The molecule has 0 spiro atoms. The largest absolute Gasteiger partial charge is 0.465 e. The van der Waals surface area contributed by atoms with E-state index in [1.807, 2.05) is 0 Å². The molecule has 0 bridgehead atoms. The average molecular weight is 226 g/mol. The Morgan fingerprint density at radius 1 is 1.06 bits per heavy atom. The molecular formula is C14H26O2. The molecule has 1 fully saturated rings. The van der Waals surface area contributed by atoms with Gasteiger partial charge in [0.15, 0.2) is 0 Å². The van der Waals surface area contributed by atoms with Gasteiger partial charge in [-0.1, -0.05) is 51.9 Å². The molecule has 0 aromatic carbocycles. The molecule has 0 heterocycles. The first-order valence-electron chi connectivity index (χ1n) is 7.01. The third kappa shape index (κ3) is 5.53. The van der Waals surface area contributed by atoms with Crippen molar-refractivity contribution in [3.8, 4) is 0 Å². The molecule has 0 amide bonds. The fourth-order valence-electron chi connectivity index (χ4n) is 2.33. The molecule has 16 heavy (non-hydrogen) atoms. The molecule has 1 saturated carbocycles. The molecule has 0 aromatic heterocycles. The third-order valence-corrected chi connectivity index (χ3v) is 3.43. The van der Waals surface area contributed by atoms with E-state index in [0.717, 1.165) is 19.3 Å². The van der Waals surface area contributed by atoms with Gasteiger partial charge >= 0.3 is 5.97 Å². The monoisotopic (exact) mass is 226 g/mol. The molecule has 2 heteroatoms. The molecule has 0 atom stereocenters. The van der Waals surface area contributed by atoms with Crippen LogP contribution in [0.2, 0.25) is 0 Å². The van der Waals surface area contributed by atoms with Crippen LogP contribution in [0.15, 0.2) is 0 Å². The predicted molar refractivity (Wildman–Crippen MR) is 66.3 cm³/mol. The second-order valence-electron chi connectivity index (χ2n) is 4.92. The summed E-state index contributed by atoms with van der Waals surface area (Å²) in [4.78, 5) is 11.7. The summed E-state index contributed by atoms with van der Waals surface area (Å²) in [6.07, 6.45) is 11.9. The second-order valence-corrected chi connectivity index (χ2v) is 4.92. The van der Waals surface area contributed by atoms with E-state index in [4.69, 9.17) is 4.74 Å². The van der Waals surface area contributed by atoms with E-state index in [-0.39, 0.29) is 11.9 Å². The lowest BCUT2D eigenvalue weighted by atomic mass is 9.89. The fraction of sp³-hybridized carbons (Fsp3) is 0.929. The Morgan fingerprint density at radius 2 is 1.75 bits per heavy atom. The highest BCUT2D eigenvalue weighted by molar-refractivity contribution is 5.72. The smallest absolute Gasteiger partial charge is 0.308 e. The molecule has 0 aromatic rings. The molecule has 0 unspecified atom stereocenters. The Hall–Kier alpha value is -0.530. The summed E-state index contributed by atoms with van der Waals surface area (Å²) >= 11 is 0. The lowest BCUT2D eigenvalue weighted by Crippen LogP contribution is -2.20. The molecule has 0 saturated heterocycles. The van der Waals surface area contributed by atoms with E-state index in [9.17, 15) is 4.79 Å². The van der Waals surface area contributed by atoms with Crippen LogP contribution < -0.4 is 0 Å². The van der Waals surface area contributed by atoms with Gasteiger partial charge in [-0.15, -0.1) is 0 Å². The molecule has 1 aliphatic rings. The summed E-state index contributed by atoms with van der Waals surface area (Å²) in [7, 11) is 0.